The lowest BCUT2D eigenvalue weighted by molar-refractivity contribution is 1.18. The molecule has 0 aliphatic heterocycles. The Bertz CT molecular complexity index is 934. The standard InChI is InChI=1S/C24H19Cl/c25-16-15-22-23(17-18-9-3-1-4-10-18)20-13-7-8-14-21(20)24(22)19-11-5-2-6-12-19/h1-14,17H,15-16H2/b23-17+. The van der Waals surface area contributed by atoms with E-state index in [9.17, 15) is 0 Å². The molecule has 0 unspecified atom stereocenters. The third kappa shape index (κ3) is 3.06. The van der Waals surface area contributed by atoms with E-state index in [2.05, 4.69) is 91.0 Å². The molecular formula is C24H19Cl. The van der Waals surface area contributed by atoms with Crippen LogP contribution in [-0.2, 0) is 0 Å². The highest BCUT2D eigenvalue weighted by Crippen LogP contribution is 2.46. The van der Waals surface area contributed by atoms with E-state index >= 15 is 0 Å². The van der Waals surface area contributed by atoms with Crippen LogP contribution < -0.4 is 0 Å². The highest BCUT2D eigenvalue weighted by molar-refractivity contribution is 6.18. The Kier molecular flexibility index (Phi) is 4.54. The fourth-order valence-electron chi connectivity index (χ4n) is 3.57. The van der Waals surface area contributed by atoms with Crippen molar-refractivity contribution in [3.8, 4) is 0 Å². The van der Waals surface area contributed by atoms with Gasteiger partial charge >= 0.3 is 0 Å². The molecule has 0 heterocycles. The van der Waals surface area contributed by atoms with Crippen LogP contribution in [0.2, 0.25) is 0 Å². The summed E-state index contributed by atoms with van der Waals surface area (Å²) in [5.41, 5.74) is 9.02. The lowest BCUT2D eigenvalue weighted by Gasteiger charge is -2.09. The molecule has 0 bridgehead atoms. The predicted molar refractivity (Wildman–Crippen MR) is 109 cm³/mol. The maximum absolute atomic E-state index is 6.18. The van der Waals surface area contributed by atoms with Crippen molar-refractivity contribution in [3.63, 3.8) is 0 Å². The van der Waals surface area contributed by atoms with Gasteiger partial charge in [0.05, 0.1) is 0 Å². The number of fused-ring (bicyclic) bond motifs is 1. The van der Waals surface area contributed by atoms with Gasteiger partial charge in [-0.05, 0) is 51.5 Å². The number of hydrogen-bond acceptors (Lipinski definition) is 0. The molecule has 1 aliphatic rings. The molecule has 1 aliphatic carbocycles. The Morgan fingerprint density at radius 1 is 0.680 bits per heavy atom. The van der Waals surface area contributed by atoms with Gasteiger partial charge in [0.25, 0.3) is 0 Å². The van der Waals surface area contributed by atoms with Crippen molar-refractivity contribution in [1.29, 1.82) is 0 Å². The van der Waals surface area contributed by atoms with Gasteiger partial charge in [0.2, 0.25) is 0 Å². The highest BCUT2D eigenvalue weighted by Gasteiger charge is 2.26. The molecule has 0 fully saturated rings. The van der Waals surface area contributed by atoms with Gasteiger partial charge in [0.15, 0.2) is 0 Å². The number of halogens is 1. The van der Waals surface area contributed by atoms with E-state index in [4.69, 9.17) is 11.6 Å². The Labute approximate surface area is 154 Å². The molecule has 0 nitrogen and oxygen atoms in total. The van der Waals surface area contributed by atoms with Crippen LogP contribution in [0.5, 0.6) is 0 Å². The molecule has 0 saturated heterocycles. The van der Waals surface area contributed by atoms with E-state index < -0.39 is 0 Å². The number of benzene rings is 3. The first-order chi connectivity index (χ1) is 12.4. The molecule has 4 rings (SSSR count). The Morgan fingerprint density at radius 2 is 1.28 bits per heavy atom. The third-order valence-electron chi connectivity index (χ3n) is 4.63. The zero-order valence-corrected chi connectivity index (χ0v) is 14.7. The zero-order chi connectivity index (χ0) is 17.1. The minimum absolute atomic E-state index is 0.617. The van der Waals surface area contributed by atoms with Gasteiger partial charge < -0.3 is 0 Å². The second-order valence-electron chi connectivity index (χ2n) is 6.17. The van der Waals surface area contributed by atoms with Crippen molar-refractivity contribution in [2.45, 2.75) is 6.42 Å². The normalized spacial score (nSPS) is 14.8. The molecule has 3 aromatic carbocycles. The van der Waals surface area contributed by atoms with E-state index in [0.29, 0.717) is 5.88 Å². The number of alkyl halides is 1. The molecule has 0 amide bonds. The second kappa shape index (κ2) is 7.13. The summed E-state index contributed by atoms with van der Waals surface area (Å²) in [5, 5.41) is 0. The minimum Gasteiger partial charge on any atom is -0.126 e. The molecule has 0 N–H and O–H groups in total. The summed E-state index contributed by atoms with van der Waals surface area (Å²) < 4.78 is 0. The monoisotopic (exact) mass is 342 g/mol. The van der Waals surface area contributed by atoms with Crippen LogP contribution in [0.1, 0.15) is 28.7 Å². The van der Waals surface area contributed by atoms with Crippen molar-refractivity contribution in [2.75, 3.05) is 5.88 Å². The Hall–Kier alpha value is -2.57. The van der Waals surface area contributed by atoms with Crippen LogP contribution in [0, 0.1) is 0 Å². The van der Waals surface area contributed by atoms with E-state index in [1.54, 1.807) is 0 Å². The van der Waals surface area contributed by atoms with Crippen molar-refractivity contribution in [3.05, 3.63) is 113 Å². The summed E-state index contributed by atoms with van der Waals surface area (Å²) >= 11 is 6.18. The lowest BCUT2D eigenvalue weighted by atomic mass is 9.96. The first-order valence-electron chi connectivity index (χ1n) is 8.60. The van der Waals surface area contributed by atoms with Crippen LogP contribution in [-0.4, -0.2) is 5.88 Å². The van der Waals surface area contributed by atoms with Crippen molar-refractivity contribution < 1.29 is 0 Å². The number of hydrogen-bond donors (Lipinski definition) is 0. The summed E-state index contributed by atoms with van der Waals surface area (Å²) in [6.07, 6.45) is 3.15. The SMILES string of the molecule is ClCCC1=C(c2ccccc2)c2ccccc2/C1=C\c1ccccc1. The van der Waals surface area contributed by atoms with E-state index in [-0.39, 0.29) is 0 Å². The summed E-state index contributed by atoms with van der Waals surface area (Å²) in [7, 11) is 0. The van der Waals surface area contributed by atoms with E-state index in [1.165, 1.54) is 39.0 Å². The van der Waals surface area contributed by atoms with Gasteiger partial charge in [-0.2, -0.15) is 0 Å². The summed E-state index contributed by atoms with van der Waals surface area (Å²) in [6.45, 7) is 0. The molecule has 1 heteroatoms. The van der Waals surface area contributed by atoms with E-state index in [1.807, 2.05) is 0 Å². The number of allylic oxidation sites excluding steroid dienone is 2. The quantitative estimate of drug-likeness (QED) is 0.464. The third-order valence-corrected chi connectivity index (χ3v) is 4.82. The van der Waals surface area contributed by atoms with Gasteiger partial charge in [-0.3, -0.25) is 0 Å². The molecule has 0 spiro atoms. The maximum Gasteiger partial charge on any atom is 0.0264 e. The van der Waals surface area contributed by atoms with E-state index in [0.717, 1.165) is 6.42 Å². The van der Waals surface area contributed by atoms with Gasteiger partial charge in [0.1, 0.15) is 0 Å². The van der Waals surface area contributed by atoms with Crippen LogP contribution in [0.15, 0.2) is 90.5 Å². The number of rotatable bonds is 4. The molecule has 0 aromatic heterocycles. The summed E-state index contributed by atoms with van der Waals surface area (Å²) in [4.78, 5) is 0. The topological polar surface area (TPSA) is 0 Å². The molecule has 0 radical (unpaired) electrons. The van der Waals surface area contributed by atoms with Crippen molar-refractivity contribution >= 4 is 28.8 Å². The van der Waals surface area contributed by atoms with Crippen LogP contribution >= 0.6 is 11.6 Å². The minimum atomic E-state index is 0.617. The largest absolute Gasteiger partial charge is 0.126 e. The van der Waals surface area contributed by atoms with Crippen LogP contribution in [0.3, 0.4) is 0 Å². The predicted octanol–water partition coefficient (Wildman–Crippen LogP) is 6.67. The average Bonchev–Trinajstić information content (AvgIpc) is 2.97. The molecule has 25 heavy (non-hydrogen) atoms. The molecule has 3 aromatic rings. The van der Waals surface area contributed by atoms with Crippen molar-refractivity contribution in [2.24, 2.45) is 0 Å². The fraction of sp³-hybridized carbons (Fsp3) is 0.0833. The van der Waals surface area contributed by atoms with Crippen molar-refractivity contribution in [1.82, 2.24) is 0 Å². The van der Waals surface area contributed by atoms with Gasteiger partial charge in [-0.25, -0.2) is 0 Å². The smallest absolute Gasteiger partial charge is 0.0264 e. The Morgan fingerprint density at radius 3 is 1.96 bits per heavy atom. The first kappa shape index (κ1) is 15.9. The molecule has 122 valence electrons. The van der Waals surface area contributed by atoms with Crippen LogP contribution in [0.25, 0.3) is 17.2 Å². The van der Waals surface area contributed by atoms with Crippen LogP contribution in [0.4, 0.5) is 0 Å². The average molecular weight is 343 g/mol. The van der Waals surface area contributed by atoms with Gasteiger partial charge in [-0.1, -0.05) is 84.9 Å². The highest BCUT2D eigenvalue weighted by atomic mass is 35.5. The molecule has 0 saturated carbocycles. The fourth-order valence-corrected chi connectivity index (χ4v) is 3.75. The lowest BCUT2D eigenvalue weighted by Crippen LogP contribution is -1.90. The summed E-state index contributed by atoms with van der Waals surface area (Å²) in [5.74, 6) is 0.617. The van der Waals surface area contributed by atoms with Gasteiger partial charge in [0, 0.05) is 5.88 Å². The van der Waals surface area contributed by atoms with Gasteiger partial charge in [-0.15, -0.1) is 11.6 Å². The Balaban J connectivity index is 1.97. The second-order valence-corrected chi connectivity index (χ2v) is 6.55. The molecular weight excluding hydrogens is 324 g/mol. The zero-order valence-electron chi connectivity index (χ0n) is 14.0. The summed E-state index contributed by atoms with van der Waals surface area (Å²) in [6, 6.07) is 29.8. The molecule has 0 atom stereocenters. The first-order valence-corrected chi connectivity index (χ1v) is 9.13. The maximum atomic E-state index is 6.18.